The zero-order valence-electron chi connectivity index (χ0n) is 16.2. The number of halogens is 1. The van der Waals surface area contributed by atoms with Gasteiger partial charge in [-0.15, -0.1) is 0 Å². The molecule has 0 spiro atoms. The van der Waals surface area contributed by atoms with Crippen LogP contribution in [0.25, 0.3) is 6.08 Å². The second-order valence-electron chi connectivity index (χ2n) is 6.22. The van der Waals surface area contributed by atoms with E-state index in [0.717, 1.165) is 11.1 Å². The van der Waals surface area contributed by atoms with Gasteiger partial charge in [0, 0.05) is 16.1 Å². The zero-order chi connectivity index (χ0) is 20.6. The lowest BCUT2D eigenvalue weighted by Gasteiger charge is -2.12. The number of hydrogen-bond acceptors (Lipinski definition) is 4. The van der Waals surface area contributed by atoms with Crippen molar-refractivity contribution in [1.82, 2.24) is 0 Å². The van der Waals surface area contributed by atoms with Crippen molar-refractivity contribution < 1.29 is 19.0 Å². The number of carbonyl (C=O) groups is 1. The molecule has 4 nitrogen and oxygen atoms in total. The van der Waals surface area contributed by atoms with Crippen molar-refractivity contribution in [2.24, 2.45) is 0 Å². The van der Waals surface area contributed by atoms with Crippen LogP contribution in [0.15, 0.2) is 72.8 Å². The van der Waals surface area contributed by atoms with Crippen LogP contribution in [0, 0.1) is 0 Å². The Labute approximate surface area is 175 Å². The molecule has 3 aromatic rings. The van der Waals surface area contributed by atoms with E-state index < -0.39 is 0 Å². The third-order valence-electron chi connectivity index (χ3n) is 4.33. The maximum atomic E-state index is 12.3. The molecule has 0 aliphatic heterocycles. The summed E-state index contributed by atoms with van der Waals surface area (Å²) in [7, 11) is 3.17. The van der Waals surface area contributed by atoms with Crippen molar-refractivity contribution in [2.45, 2.75) is 6.61 Å². The van der Waals surface area contributed by atoms with E-state index in [9.17, 15) is 4.79 Å². The summed E-state index contributed by atoms with van der Waals surface area (Å²) < 4.78 is 16.4. The molecule has 0 aromatic heterocycles. The first-order valence-corrected chi connectivity index (χ1v) is 9.39. The Balaban J connectivity index is 1.69. The van der Waals surface area contributed by atoms with Gasteiger partial charge in [0.1, 0.15) is 12.4 Å². The normalized spacial score (nSPS) is 10.7. The Bertz CT molecular complexity index is 1010. The first-order valence-electron chi connectivity index (χ1n) is 9.01. The minimum atomic E-state index is -0.0920. The number of ketones is 1. The fourth-order valence-electron chi connectivity index (χ4n) is 2.70. The van der Waals surface area contributed by atoms with E-state index in [4.69, 9.17) is 25.8 Å². The molecule has 0 amide bonds. The van der Waals surface area contributed by atoms with Gasteiger partial charge >= 0.3 is 0 Å². The number of carbonyl (C=O) groups excluding carboxylic acids is 1. The molecule has 0 fully saturated rings. The molecule has 3 aromatic carbocycles. The van der Waals surface area contributed by atoms with Crippen LogP contribution in [-0.2, 0) is 6.61 Å². The summed E-state index contributed by atoms with van der Waals surface area (Å²) in [4.78, 5) is 12.3. The Hall–Kier alpha value is -3.24. The van der Waals surface area contributed by atoms with Crippen molar-refractivity contribution in [2.75, 3.05) is 14.2 Å². The maximum absolute atomic E-state index is 12.3. The molecule has 0 saturated carbocycles. The molecule has 148 valence electrons. The second-order valence-corrected chi connectivity index (χ2v) is 6.62. The van der Waals surface area contributed by atoms with Crippen molar-refractivity contribution >= 4 is 23.5 Å². The van der Waals surface area contributed by atoms with Crippen LogP contribution in [0.4, 0.5) is 0 Å². The van der Waals surface area contributed by atoms with Crippen LogP contribution in [0.1, 0.15) is 21.5 Å². The predicted molar refractivity (Wildman–Crippen MR) is 115 cm³/mol. The van der Waals surface area contributed by atoms with E-state index in [1.165, 1.54) is 6.08 Å². The molecule has 0 N–H and O–H groups in total. The standard InChI is InChI=1S/C24H21ClO4/c1-27-20-11-9-18(10-12-20)22(26)13-7-17-8-14-23(24(15-17)28-2)29-16-19-5-3-4-6-21(19)25/h3-15H,16H2,1-2H3/b13-7+. The third-order valence-corrected chi connectivity index (χ3v) is 4.70. The van der Waals surface area contributed by atoms with Gasteiger partial charge in [-0.2, -0.15) is 0 Å². The van der Waals surface area contributed by atoms with Gasteiger partial charge in [-0.3, -0.25) is 4.79 Å². The Kier molecular flexibility index (Phi) is 6.93. The Morgan fingerprint density at radius 1 is 0.931 bits per heavy atom. The van der Waals surface area contributed by atoms with Crippen molar-refractivity contribution in [3.63, 3.8) is 0 Å². The molecule has 0 unspecified atom stereocenters. The van der Waals surface area contributed by atoms with Crippen LogP contribution in [0.2, 0.25) is 5.02 Å². The van der Waals surface area contributed by atoms with Gasteiger partial charge in [0.05, 0.1) is 14.2 Å². The molecule has 3 rings (SSSR count). The molecule has 0 radical (unpaired) electrons. The summed E-state index contributed by atoms with van der Waals surface area (Å²) >= 11 is 6.17. The van der Waals surface area contributed by atoms with Crippen LogP contribution in [0.5, 0.6) is 17.2 Å². The number of rotatable bonds is 8. The van der Waals surface area contributed by atoms with Gasteiger partial charge in [0.2, 0.25) is 0 Å². The number of hydrogen-bond donors (Lipinski definition) is 0. The van der Waals surface area contributed by atoms with Gasteiger partial charge in [-0.05, 0) is 54.1 Å². The summed E-state index contributed by atoms with van der Waals surface area (Å²) in [6, 6.07) is 20.0. The monoisotopic (exact) mass is 408 g/mol. The van der Waals surface area contributed by atoms with Gasteiger partial charge in [-0.1, -0.05) is 41.9 Å². The lowest BCUT2D eigenvalue weighted by molar-refractivity contribution is 0.104. The minimum absolute atomic E-state index is 0.0920. The van der Waals surface area contributed by atoms with Gasteiger partial charge < -0.3 is 14.2 Å². The van der Waals surface area contributed by atoms with Gasteiger partial charge in [0.25, 0.3) is 0 Å². The number of allylic oxidation sites excluding steroid dienone is 1. The van der Waals surface area contributed by atoms with Gasteiger partial charge in [-0.25, -0.2) is 0 Å². The molecule has 0 bridgehead atoms. The summed E-state index contributed by atoms with van der Waals surface area (Å²) in [5, 5.41) is 0.656. The summed E-state index contributed by atoms with van der Waals surface area (Å²) in [6.45, 7) is 0.334. The quantitative estimate of drug-likeness (QED) is 0.347. The van der Waals surface area contributed by atoms with Crippen LogP contribution < -0.4 is 14.2 Å². The fraction of sp³-hybridized carbons (Fsp3) is 0.125. The van der Waals surface area contributed by atoms with Gasteiger partial charge in [0.15, 0.2) is 17.3 Å². The highest BCUT2D eigenvalue weighted by molar-refractivity contribution is 6.31. The molecule has 0 heterocycles. The Morgan fingerprint density at radius 2 is 1.69 bits per heavy atom. The topological polar surface area (TPSA) is 44.8 Å². The second kappa shape index (κ2) is 9.80. The molecule has 0 atom stereocenters. The largest absolute Gasteiger partial charge is 0.497 e. The summed E-state index contributed by atoms with van der Waals surface area (Å²) in [5.74, 6) is 1.80. The molecular weight excluding hydrogens is 388 g/mol. The Morgan fingerprint density at radius 3 is 2.38 bits per heavy atom. The van der Waals surface area contributed by atoms with E-state index in [2.05, 4.69) is 0 Å². The highest BCUT2D eigenvalue weighted by Gasteiger charge is 2.08. The average molecular weight is 409 g/mol. The van der Waals surface area contributed by atoms with Crippen LogP contribution >= 0.6 is 11.6 Å². The first kappa shape index (κ1) is 20.5. The fourth-order valence-corrected chi connectivity index (χ4v) is 2.89. The molecule has 29 heavy (non-hydrogen) atoms. The number of ether oxygens (including phenoxy) is 3. The lowest BCUT2D eigenvalue weighted by Crippen LogP contribution is -1.98. The number of benzene rings is 3. The highest BCUT2D eigenvalue weighted by atomic mass is 35.5. The highest BCUT2D eigenvalue weighted by Crippen LogP contribution is 2.30. The zero-order valence-corrected chi connectivity index (χ0v) is 17.0. The lowest BCUT2D eigenvalue weighted by atomic mass is 10.1. The SMILES string of the molecule is COc1ccc(C(=O)/C=C/c2ccc(OCc3ccccc3Cl)c(OC)c2)cc1. The van der Waals surface area contributed by atoms with Crippen molar-refractivity contribution in [1.29, 1.82) is 0 Å². The van der Waals surface area contributed by atoms with Crippen molar-refractivity contribution in [3.05, 3.63) is 94.5 Å². The predicted octanol–water partition coefficient (Wildman–Crippen LogP) is 5.83. The van der Waals surface area contributed by atoms with Crippen LogP contribution in [-0.4, -0.2) is 20.0 Å². The first-order chi connectivity index (χ1) is 14.1. The smallest absolute Gasteiger partial charge is 0.185 e. The molecule has 5 heteroatoms. The third kappa shape index (κ3) is 5.39. The van der Waals surface area contributed by atoms with E-state index in [-0.39, 0.29) is 5.78 Å². The van der Waals surface area contributed by atoms with E-state index in [0.29, 0.717) is 34.4 Å². The van der Waals surface area contributed by atoms with Crippen molar-refractivity contribution in [3.8, 4) is 17.2 Å². The minimum Gasteiger partial charge on any atom is -0.497 e. The molecule has 0 saturated heterocycles. The maximum Gasteiger partial charge on any atom is 0.185 e. The number of methoxy groups -OCH3 is 2. The molecule has 0 aliphatic carbocycles. The van der Waals surface area contributed by atoms with Crippen LogP contribution in [0.3, 0.4) is 0 Å². The van der Waals surface area contributed by atoms with E-state index in [1.807, 2.05) is 42.5 Å². The summed E-state index contributed by atoms with van der Waals surface area (Å²) in [5.41, 5.74) is 2.31. The van der Waals surface area contributed by atoms with E-state index >= 15 is 0 Å². The molecule has 0 aliphatic rings. The molecular formula is C24H21ClO4. The average Bonchev–Trinajstić information content (AvgIpc) is 2.77. The van der Waals surface area contributed by atoms with E-state index in [1.54, 1.807) is 44.6 Å². The summed E-state index contributed by atoms with van der Waals surface area (Å²) in [6.07, 6.45) is 3.27.